The van der Waals surface area contributed by atoms with Gasteiger partial charge >= 0.3 is 0 Å². The standard InChI is InChI=1S/C18H15N5O/c24-18-15-17(21-16(22-18)14-7-4-9-19-11-14)20-12-23(15)10-8-13-5-2-1-3-6-13/h1-7,9,11-12H,8,10H2,(H,21,22,24). The van der Waals surface area contributed by atoms with Crippen LogP contribution in [0.5, 0.6) is 0 Å². The van der Waals surface area contributed by atoms with Crippen LogP contribution >= 0.6 is 0 Å². The summed E-state index contributed by atoms with van der Waals surface area (Å²) in [6.07, 6.45) is 5.84. The Kier molecular flexibility index (Phi) is 3.63. The molecule has 0 saturated heterocycles. The van der Waals surface area contributed by atoms with E-state index < -0.39 is 0 Å². The van der Waals surface area contributed by atoms with Crippen molar-refractivity contribution in [1.29, 1.82) is 0 Å². The lowest BCUT2D eigenvalue weighted by Gasteiger charge is -2.05. The van der Waals surface area contributed by atoms with E-state index in [0.717, 1.165) is 12.0 Å². The number of aromatic nitrogens is 5. The number of hydrogen-bond acceptors (Lipinski definition) is 4. The van der Waals surface area contributed by atoms with Crippen molar-refractivity contribution in [3.05, 3.63) is 77.1 Å². The minimum absolute atomic E-state index is 0.190. The number of hydrogen-bond donors (Lipinski definition) is 1. The Hall–Kier alpha value is -3.28. The summed E-state index contributed by atoms with van der Waals surface area (Å²) in [6.45, 7) is 0.678. The zero-order valence-corrected chi connectivity index (χ0v) is 12.9. The van der Waals surface area contributed by atoms with Gasteiger partial charge in [0.15, 0.2) is 11.2 Å². The highest BCUT2D eigenvalue weighted by atomic mass is 16.1. The van der Waals surface area contributed by atoms with Crippen LogP contribution in [-0.4, -0.2) is 24.5 Å². The van der Waals surface area contributed by atoms with Crippen LogP contribution < -0.4 is 5.56 Å². The molecule has 6 nitrogen and oxygen atoms in total. The summed E-state index contributed by atoms with van der Waals surface area (Å²) >= 11 is 0. The van der Waals surface area contributed by atoms with Crippen LogP contribution in [0.25, 0.3) is 22.6 Å². The maximum absolute atomic E-state index is 12.5. The van der Waals surface area contributed by atoms with Crippen molar-refractivity contribution < 1.29 is 0 Å². The molecule has 3 aromatic heterocycles. The van der Waals surface area contributed by atoms with Gasteiger partial charge in [0.2, 0.25) is 0 Å². The van der Waals surface area contributed by atoms with Gasteiger partial charge in [-0.05, 0) is 24.1 Å². The highest BCUT2D eigenvalue weighted by Crippen LogP contribution is 2.14. The minimum atomic E-state index is -0.190. The molecule has 4 rings (SSSR count). The van der Waals surface area contributed by atoms with E-state index in [1.165, 1.54) is 5.56 Å². The lowest BCUT2D eigenvalue weighted by molar-refractivity contribution is 0.713. The Labute approximate surface area is 137 Å². The largest absolute Gasteiger partial charge is 0.324 e. The van der Waals surface area contributed by atoms with Gasteiger partial charge in [-0.25, -0.2) is 9.97 Å². The predicted octanol–water partition coefficient (Wildman–Crippen LogP) is 2.42. The summed E-state index contributed by atoms with van der Waals surface area (Å²) in [5, 5.41) is 0. The van der Waals surface area contributed by atoms with Crippen molar-refractivity contribution in [1.82, 2.24) is 24.5 Å². The van der Waals surface area contributed by atoms with Gasteiger partial charge < -0.3 is 9.55 Å². The highest BCUT2D eigenvalue weighted by molar-refractivity contribution is 5.72. The fourth-order valence-electron chi connectivity index (χ4n) is 2.69. The number of H-pyrrole nitrogens is 1. The van der Waals surface area contributed by atoms with Gasteiger partial charge in [-0.2, -0.15) is 0 Å². The molecule has 0 aliphatic rings. The third-order valence-corrected chi connectivity index (χ3v) is 3.90. The van der Waals surface area contributed by atoms with E-state index in [2.05, 4.69) is 32.1 Å². The Morgan fingerprint density at radius 3 is 2.75 bits per heavy atom. The molecule has 0 atom stereocenters. The third-order valence-electron chi connectivity index (χ3n) is 3.90. The molecule has 0 aliphatic heterocycles. The van der Waals surface area contributed by atoms with Crippen LogP contribution in [0.15, 0.2) is 66.0 Å². The molecule has 0 radical (unpaired) electrons. The Morgan fingerprint density at radius 2 is 1.96 bits per heavy atom. The quantitative estimate of drug-likeness (QED) is 0.627. The number of benzene rings is 1. The number of aromatic amines is 1. The predicted molar refractivity (Wildman–Crippen MR) is 91.5 cm³/mol. The molecule has 0 unspecified atom stereocenters. The summed E-state index contributed by atoms with van der Waals surface area (Å²) in [6, 6.07) is 13.8. The van der Waals surface area contributed by atoms with Crippen molar-refractivity contribution in [2.75, 3.05) is 0 Å². The Bertz CT molecular complexity index is 1020. The number of pyridine rings is 1. The maximum atomic E-state index is 12.5. The first-order chi connectivity index (χ1) is 11.8. The van der Waals surface area contributed by atoms with Crippen LogP contribution in [0.2, 0.25) is 0 Å². The number of fused-ring (bicyclic) bond motifs is 1. The lowest BCUT2D eigenvalue weighted by atomic mass is 10.1. The molecule has 0 saturated carbocycles. The van der Waals surface area contributed by atoms with Gasteiger partial charge in [0.05, 0.1) is 6.33 Å². The van der Waals surface area contributed by atoms with Gasteiger partial charge in [0, 0.05) is 24.5 Å². The molecular weight excluding hydrogens is 302 g/mol. The van der Waals surface area contributed by atoms with Crippen LogP contribution in [0.3, 0.4) is 0 Å². The third kappa shape index (κ3) is 2.69. The van der Waals surface area contributed by atoms with E-state index >= 15 is 0 Å². The monoisotopic (exact) mass is 317 g/mol. The van der Waals surface area contributed by atoms with E-state index in [9.17, 15) is 4.79 Å². The van der Waals surface area contributed by atoms with Gasteiger partial charge in [-0.1, -0.05) is 30.3 Å². The molecule has 24 heavy (non-hydrogen) atoms. The van der Waals surface area contributed by atoms with Gasteiger partial charge in [-0.3, -0.25) is 9.78 Å². The number of nitrogens with one attached hydrogen (secondary N) is 1. The van der Waals surface area contributed by atoms with E-state index in [1.807, 2.05) is 28.8 Å². The van der Waals surface area contributed by atoms with E-state index in [4.69, 9.17) is 0 Å². The van der Waals surface area contributed by atoms with Gasteiger partial charge in [0.25, 0.3) is 5.56 Å². The van der Waals surface area contributed by atoms with Crippen molar-refractivity contribution in [3.63, 3.8) is 0 Å². The molecule has 1 N–H and O–H groups in total. The molecule has 4 aromatic rings. The van der Waals surface area contributed by atoms with Crippen molar-refractivity contribution >= 4 is 11.2 Å². The first kappa shape index (κ1) is 14.3. The molecule has 118 valence electrons. The molecule has 1 aromatic carbocycles. The number of imidazole rings is 1. The summed E-state index contributed by atoms with van der Waals surface area (Å²) in [7, 11) is 0. The summed E-state index contributed by atoms with van der Waals surface area (Å²) < 4.78 is 1.85. The Morgan fingerprint density at radius 1 is 1.08 bits per heavy atom. The molecule has 3 heterocycles. The maximum Gasteiger partial charge on any atom is 0.277 e. The average Bonchev–Trinajstić information content (AvgIpc) is 3.05. The first-order valence-corrected chi connectivity index (χ1v) is 7.71. The normalized spacial score (nSPS) is 11.0. The summed E-state index contributed by atoms with van der Waals surface area (Å²) in [4.78, 5) is 28.1. The molecular formula is C18H15N5O. The number of aryl methyl sites for hydroxylation is 2. The molecule has 0 fully saturated rings. The van der Waals surface area contributed by atoms with E-state index in [1.54, 1.807) is 24.8 Å². The van der Waals surface area contributed by atoms with E-state index in [-0.39, 0.29) is 5.56 Å². The van der Waals surface area contributed by atoms with Gasteiger partial charge in [-0.15, -0.1) is 0 Å². The van der Waals surface area contributed by atoms with Crippen LogP contribution in [0, 0.1) is 0 Å². The lowest BCUT2D eigenvalue weighted by Crippen LogP contribution is -2.14. The smallest absolute Gasteiger partial charge is 0.277 e. The molecule has 0 amide bonds. The Balaban J connectivity index is 1.68. The SMILES string of the molecule is O=c1[nH]c(-c2cccnc2)nc2ncn(CCc3ccccc3)c12. The topological polar surface area (TPSA) is 76.5 Å². The number of nitrogens with zero attached hydrogens (tertiary/aromatic N) is 4. The molecule has 0 bridgehead atoms. The fraction of sp³-hybridized carbons (Fsp3) is 0.111. The zero-order valence-electron chi connectivity index (χ0n) is 12.9. The summed E-state index contributed by atoms with van der Waals surface area (Å²) in [5.41, 5.74) is 2.74. The average molecular weight is 317 g/mol. The molecule has 6 heteroatoms. The second kappa shape index (κ2) is 6.08. The number of rotatable bonds is 4. The van der Waals surface area contributed by atoms with Crippen molar-refractivity contribution in [2.24, 2.45) is 0 Å². The summed E-state index contributed by atoms with van der Waals surface area (Å²) in [5.74, 6) is 0.480. The second-order valence-corrected chi connectivity index (χ2v) is 5.50. The van der Waals surface area contributed by atoms with Crippen LogP contribution in [0.1, 0.15) is 5.56 Å². The minimum Gasteiger partial charge on any atom is -0.324 e. The van der Waals surface area contributed by atoms with Gasteiger partial charge in [0.1, 0.15) is 5.82 Å². The fourth-order valence-corrected chi connectivity index (χ4v) is 2.69. The highest BCUT2D eigenvalue weighted by Gasteiger charge is 2.11. The molecule has 0 aliphatic carbocycles. The first-order valence-electron chi connectivity index (χ1n) is 7.71. The van der Waals surface area contributed by atoms with Crippen molar-refractivity contribution in [2.45, 2.75) is 13.0 Å². The van der Waals surface area contributed by atoms with Crippen LogP contribution in [-0.2, 0) is 13.0 Å². The second-order valence-electron chi connectivity index (χ2n) is 5.50. The zero-order chi connectivity index (χ0) is 16.4. The van der Waals surface area contributed by atoms with Crippen molar-refractivity contribution in [3.8, 4) is 11.4 Å². The molecule has 0 spiro atoms. The van der Waals surface area contributed by atoms with E-state index in [0.29, 0.717) is 23.5 Å². The van der Waals surface area contributed by atoms with Crippen LogP contribution in [0.4, 0.5) is 0 Å².